The Morgan fingerprint density at radius 1 is 0.750 bits per heavy atom. The maximum absolute atomic E-state index is 3.16. The predicted octanol–water partition coefficient (Wildman–Crippen LogP) is 3.35. The standard InChI is InChI=1S/C12H17.12Y/c1-10(2)7-8-12-6-4-5-11(3)9-12;;;;;;;;;;;;/h4,6,9-10H,7-8H2,1-3H3;;;;;;;;;;;;/q-1;;;;;;;;;;;;. The van der Waals surface area contributed by atoms with E-state index in [1.54, 1.807) is 0 Å². The van der Waals surface area contributed by atoms with Crippen molar-refractivity contribution in [3.05, 3.63) is 35.4 Å². The van der Waals surface area contributed by atoms with Gasteiger partial charge in [0.05, 0.1) is 0 Å². The smallest absolute Gasteiger partial charge is 0 e. The summed E-state index contributed by atoms with van der Waals surface area (Å²) in [5.74, 6) is 0.800. The summed E-state index contributed by atoms with van der Waals surface area (Å²) in [7, 11) is 0. The molecule has 0 aliphatic rings. The third-order valence-corrected chi connectivity index (χ3v) is 2.02. The molecule has 0 saturated heterocycles. The first-order valence-corrected chi connectivity index (χ1v) is 4.65. The van der Waals surface area contributed by atoms with E-state index in [1.165, 1.54) is 24.0 Å². The van der Waals surface area contributed by atoms with Gasteiger partial charge < -0.3 is 0 Å². The van der Waals surface area contributed by atoms with Gasteiger partial charge in [-0.3, -0.25) is 0 Å². The second-order valence-electron chi connectivity index (χ2n) is 3.81. The topological polar surface area (TPSA) is 0 Å². The van der Waals surface area contributed by atoms with E-state index in [1.807, 2.05) is 6.07 Å². The molecule has 0 amide bonds. The van der Waals surface area contributed by atoms with Crippen LogP contribution in [0, 0.1) is 18.9 Å². The summed E-state index contributed by atoms with van der Waals surface area (Å²) >= 11 is 0. The van der Waals surface area contributed by atoms with Crippen LogP contribution in [0.5, 0.6) is 0 Å². The van der Waals surface area contributed by atoms with Crippen LogP contribution >= 0.6 is 0 Å². The summed E-state index contributed by atoms with van der Waals surface area (Å²) < 4.78 is 0. The summed E-state index contributed by atoms with van der Waals surface area (Å²) in [6.07, 6.45) is 2.48. The first-order valence-electron chi connectivity index (χ1n) is 4.65. The maximum Gasteiger partial charge on any atom is 0 e. The van der Waals surface area contributed by atoms with Crippen molar-refractivity contribution in [3.8, 4) is 0 Å². The van der Waals surface area contributed by atoms with Gasteiger partial charge in [0, 0.05) is 393 Å². The molecule has 0 N–H and O–H groups in total. The molecule has 1 rings (SSSR count). The van der Waals surface area contributed by atoms with E-state index in [0.29, 0.717) is 0 Å². The van der Waals surface area contributed by atoms with Gasteiger partial charge in [-0.2, -0.15) is 35.4 Å². The average molecular weight is 1230 g/mol. The van der Waals surface area contributed by atoms with Gasteiger partial charge in [0.2, 0.25) is 0 Å². The molecule has 0 bridgehead atoms. The Morgan fingerprint density at radius 3 is 1.42 bits per heavy atom. The molecular weight excluding hydrogens is 1210 g/mol. The number of aryl methyl sites for hydroxylation is 2. The van der Waals surface area contributed by atoms with Gasteiger partial charge >= 0.3 is 0 Å². The molecule has 102 valence electrons. The second kappa shape index (κ2) is 55.8. The summed E-state index contributed by atoms with van der Waals surface area (Å²) in [6.45, 7) is 6.63. The molecule has 12 heteroatoms. The van der Waals surface area contributed by atoms with Crippen LogP contribution in [-0.2, 0) is 399 Å². The molecule has 0 aliphatic carbocycles. The Balaban J connectivity index is -0.0000000120. The van der Waals surface area contributed by atoms with Gasteiger partial charge in [-0.25, -0.2) is 0 Å². The molecule has 0 atom stereocenters. The van der Waals surface area contributed by atoms with Crippen LogP contribution in [0.2, 0.25) is 0 Å². The van der Waals surface area contributed by atoms with Crippen molar-refractivity contribution in [2.24, 2.45) is 5.92 Å². The Morgan fingerprint density at radius 2 is 1.12 bits per heavy atom. The van der Waals surface area contributed by atoms with Crippen LogP contribution in [0.15, 0.2) is 18.2 Å². The maximum atomic E-state index is 3.16. The van der Waals surface area contributed by atoms with Crippen molar-refractivity contribution in [1.29, 1.82) is 0 Å². The summed E-state index contributed by atoms with van der Waals surface area (Å²) in [6, 6.07) is 9.56. The van der Waals surface area contributed by atoms with Crippen LogP contribution in [0.1, 0.15) is 31.4 Å². The molecule has 0 heterocycles. The number of hydrogen-bond donors (Lipinski definition) is 0. The molecule has 0 aliphatic heterocycles. The van der Waals surface area contributed by atoms with E-state index in [4.69, 9.17) is 0 Å². The molecule has 24 heavy (non-hydrogen) atoms. The fourth-order valence-electron chi connectivity index (χ4n) is 1.26. The SMILES string of the molecule is Cc1[c-]ccc(CCC(C)C)c1.[Y].[Y].[Y].[Y].[Y].[Y].[Y].[Y].[Y].[Y].[Y].[Y]. The summed E-state index contributed by atoms with van der Waals surface area (Å²) in [5.41, 5.74) is 2.69. The zero-order chi connectivity index (χ0) is 8.97. The molecule has 1 aromatic rings. The average Bonchev–Trinajstić information content (AvgIpc) is 2.01. The number of hydrogen-bond acceptors (Lipinski definition) is 0. The molecule has 0 fully saturated rings. The molecule has 1 aromatic carbocycles. The van der Waals surface area contributed by atoms with E-state index < -0.39 is 0 Å². The van der Waals surface area contributed by atoms with E-state index in [-0.39, 0.29) is 393 Å². The Kier molecular flexibility index (Phi) is 178. The predicted molar refractivity (Wildman–Crippen MR) is 53.2 cm³/mol. The quantitative estimate of drug-likeness (QED) is 0.409. The van der Waals surface area contributed by atoms with E-state index in [0.717, 1.165) is 5.92 Å². The number of rotatable bonds is 3. The van der Waals surface area contributed by atoms with E-state index >= 15 is 0 Å². The molecule has 0 nitrogen and oxygen atoms in total. The van der Waals surface area contributed by atoms with Crippen LogP contribution < -0.4 is 0 Å². The van der Waals surface area contributed by atoms with Gasteiger partial charge in [-0.1, -0.05) is 27.2 Å². The van der Waals surface area contributed by atoms with Crippen molar-refractivity contribution >= 4 is 0 Å². The Labute approximate surface area is 452 Å². The van der Waals surface area contributed by atoms with Crippen molar-refractivity contribution in [2.75, 3.05) is 0 Å². The molecular formula is C12H17Y12-. The zero-order valence-corrected chi connectivity index (χ0v) is 49.2. The van der Waals surface area contributed by atoms with Crippen LogP contribution in [0.3, 0.4) is 0 Å². The van der Waals surface area contributed by atoms with Gasteiger partial charge in [0.1, 0.15) is 0 Å². The molecule has 12 radical (unpaired) electrons. The fraction of sp³-hybridized carbons (Fsp3) is 0.500. The Bertz CT molecular complexity index is 260. The largest absolute Gasteiger partial charge is 0.181 e. The monoisotopic (exact) mass is 1230 g/mol. The second-order valence-corrected chi connectivity index (χ2v) is 3.81. The Hall–Kier alpha value is 12.5. The van der Waals surface area contributed by atoms with Crippen LogP contribution in [0.25, 0.3) is 0 Å². The minimum atomic E-state index is 0. The van der Waals surface area contributed by atoms with Gasteiger partial charge in [-0.15, -0.1) is 0 Å². The molecule has 0 spiro atoms. The van der Waals surface area contributed by atoms with E-state index in [9.17, 15) is 0 Å². The van der Waals surface area contributed by atoms with Gasteiger partial charge in [0.15, 0.2) is 0 Å². The van der Waals surface area contributed by atoms with Crippen molar-refractivity contribution < 1.29 is 393 Å². The van der Waals surface area contributed by atoms with Crippen LogP contribution in [0.4, 0.5) is 0 Å². The molecule has 0 aromatic heterocycles. The first-order chi connectivity index (χ1) is 5.68. The number of benzene rings is 1. The van der Waals surface area contributed by atoms with Crippen molar-refractivity contribution in [3.63, 3.8) is 0 Å². The van der Waals surface area contributed by atoms with Crippen LogP contribution in [-0.4, -0.2) is 0 Å². The normalized spacial score (nSPS) is 5.33. The minimum absolute atomic E-state index is 0. The van der Waals surface area contributed by atoms with E-state index in [2.05, 4.69) is 39.0 Å². The third kappa shape index (κ3) is 51.2. The fourth-order valence-corrected chi connectivity index (χ4v) is 1.26. The van der Waals surface area contributed by atoms with Gasteiger partial charge in [0.25, 0.3) is 0 Å². The first kappa shape index (κ1) is 76.6. The van der Waals surface area contributed by atoms with Gasteiger partial charge in [-0.05, 0) is 12.3 Å². The third-order valence-electron chi connectivity index (χ3n) is 2.02. The van der Waals surface area contributed by atoms with Crippen molar-refractivity contribution in [1.82, 2.24) is 0 Å². The molecule has 0 unspecified atom stereocenters. The summed E-state index contributed by atoms with van der Waals surface area (Å²) in [5, 5.41) is 0. The minimum Gasteiger partial charge on any atom is -0.181 e. The molecule has 0 saturated carbocycles. The van der Waals surface area contributed by atoms with Crippen molar-refractivity contribution in [2.45, 2.75) is 33.6 Å². The summed E-state index contributed by atoms with van der Waals surface area (Å²) in [4.78, 5) is 0. The zero-order valence-electron chi connectivity index (χ0n) is 15.2.